The molecule has 0 fully saturated rings. The molecule has 0 radical (unpaired) electrons. The van der Waals surface area contributed by atoms with Gasteiger partial charge < -0.3 is 15.4 Å². The number of amides is 1. The molecule has 1 aromatic rings. The van der Waals surface area contributed by atoms with Gasteiger partial charge in [0.25, 0.3) is 0 Å². The van der Waals surface area contributed by atoms with Crippen LogP contribution in [0.2, 0.25) is 0 Å². The van der Waals surface area contributed by atoms with Crippen LogP contribution in [0.5, 0.6) is 0 Å². The molecule has 0 aliphatic rings. The molecule has 82 valence electrons. The van der Waals surface area contributed by atoms with Crippen LogP contribution >= 0.6 is 0 Å². The van der Waals surface area contributed by atoms with Crippen molar-refractivity contribution in [3.05, 3.63) is 18.2 Å². The van der Waals surface area contributed by atoms with Crippen LogP contribution in [0.25, 0.3) is 0 Å². The summed E-state index contributed by atoms with van der Waals surface area (Å²) in [5, 5.41) is 11.0. The van der Waals surface area contributed by atoms with Gasteiger partial charge in [-0.1, -0.05) is 0 Å². The average Bonchev–Trinajstić information content (AvgIpc) is 2.66. The van der Waals surface area contributed by atoms with E-state index >= 15 is 0 Å². The minimum absolute atomic E-state index is 0.0253. The molecule has 1 aromatic heterocycles. The van der Waals surface area contributed by atoms with Gasteiger partial charge in [0.05, 0.1) is 18.6 Å². The number of hydrogen-bond acceptors (Lipinski definition) is 3. The smallest absolute Gasteiger partial charge is 0.303 e. The van der Waals surface area contributed by atoms with Crippen LogP contribution in [0.4, 0.5) is 0 Å². The Morgan fingerprint density at radius 3 is 2.87 bits per heavy atom. The molecule has 0 aromatic carbocycles. The highest BCUT2D eigenvalue weighted by Crippen LogP contribution is 1.96. The highest BCUT2D eigenvalue weighted by Gasteiger charge is 2.03. The number of nitrogens with one attached hydrogen (secondary N) is 2. The standard InChI is InChI=1S/C9H13N3O3/c13-8(2-1-3-9(14)15)11-5-7-4-10-6-12-7/h4,6H,1-3,5H2,(H,10,12)(H,11,13)(H,14,15). The molecule has 0 saturated carbocycles. The molecule has 0 aliphatic heterocycles. The van der Waals surface area contributed by atoms with E-state index in [4.69, 9.17) is 5.11 Å². The third-order valence-electron chi connectivity index (χ3n) is 1.83. The van der Waals surface area contributed by atoms with Crippen molar-refractivity contribution < 1.29 is 14.7 Å². The molecular formula is C9H13N3O3. The maximum Gasteiger partial charge on any atom is 0.303 e. The third-order valence-corrected chi connectivity index (χ3v) is 1.83. The van der Waals surface area contributed by atoms with E-state index in [-0.39, 0.29) is 18.7 Å². The molecule has 6 heteroatoms. The van der Waals surface area contributed by atoms with Crippen LogP contribution in [-0.4, -0.2) is 27.0 Å². The molecule has 0 bridgehead atoms. The lowest BCUT2D eigenvalue weighted by Gasteiger charge is -2.02. The number of carboxylic acid groups (broad SMARTS) is 1. The number of aromatic nitrogens is 2. The van der Waals surface area contributed by atoms with E-state index in [0.717, 1.165) is 5.69 Å². The van der Waals surface area contributed by atoms with Crippen LogP contribution in [-0.2, 0) is 16.1 Å². The minimum Gasteiger partial charge on any atom is -0.481 e. The summed E-state index contributed by atoms with van der Waals surface area (Å²) in [4.78, 5) is 28.0. The SMILES string of the molecule is O=C(O)CCCC(=O)NCc1cnc[nH]1. The Labute approximate surface area is 86.7 Å². The van der Waals surface area contributed by atoms with E-state index in [1.165, 1.54) is 6.33 Å². The molecular weight excluding hydrogens is 198 g/mol. The molecule has 1 amide bonds. The first-order chi connectivity index (χ1) is 7.18. The predicted octanol–water partition coefficient (Wildman–Crippen LogP) is 0.281. The number of rotatable bonds is 6. The fourth-order valence-electron chi connectivity index (χ4n) is 1.06. The average molecular weight is 211 g/mol. The zero-order chi connectivity index (χ0) is 11.1. The van der Waals surface area contributed by atoms with Crippen molar-refractivity contribution in [2.24, 2.45) is 0 Å². The monoisotopic (exact) mass is 211 g/mol. The van der Waals surface area contributed by atoms with Gasteiger partial charge in [0, 0.05) is 19.0 Å². The van der Waals surface area contributed by atoms with Crippen molar-refractivity contribution in [2.75, 3.05) is 0 Å². The quantitative estimate of drug-likeness (QED) is 0.629. The normalized spacial score (nSPS) is 9.87. The first kappa shape index (κ1) is 11.2. The second-order valence-electron chi connectivity index (χ2n) is 3.10. The number of carbonyl (C=O) groups excluding carboxylic acids is 1. The van der Waals surface area contributed by atoms with E-state index in [0.29, 0.717) is 13.0 Å². The summed E-state index contributed by atoms with van der Waals surface area (Å²) < 4.78 is 0. The fourth-order valence-corrected chi connectivity index (χ4v) is 1.06. The van der Waals surface area contributed by atoms with E-state index in [1.54, 1.807) is 6.20 Å². The van der Waals surface area contributed by atoms with Gasteiger partial charge in [-0.25, -0.2) is 4.98 Å². The number of carbonyl (C=O) groups is 2. The van der Waals surface area contributed by atoms with Crippen LogP contribution < -0.4 is 5.32 Å². The van der Waals surface area contributed by atoms with Crippen LogP contribution in [0.15, 0.2) is 12.5 Å². The number of H-pyrrole nitrogens is 1. The third kappa shape index (κ3) is 4.80. The van der Waals surface area contributed by atoms with Gasteiger partial charge in [-0.15, -0.1) is 0 Å². The first-order valence-corrected chi connectivity index (χ1v) is 4.64. The van der Waals surface area contributed by atoms with E-state index in [1.807, 2.05) is 0 Å². The Bertz CT molecular complexity index is 321. The molecule has 15 heavy (non-hydrogen) atoms. The van der Waals surface area contributed by atoms with Crippen molar-refractivity contribution in [2.45, 2.75) is 25.8 Å². The lowest BCUT2D eigenvalue weighted by molar-refractivity contribution is -0.137. The van der Waals surface area contributed by atoms with Gasteiger partial charge >= 0.3 is 5.97 Å². The highest BCUT2D eigenvalue weighted by molar-refractivity contribution is 5.76. The zero-order valence-electron chi connectivity index (χ0n) is 8.19. The summed E-state index contributed by atoms with van der Waals surface area (Å²) in [6.07, 6.45) is 3.78. The Balaban J connectivity index is 2.11. The molecule has 0 aliphatic carbocycles. The Hall–Kier alpha value is -1.85. The first-order valence-electron chi connectivity index (χ1n) is 4.64. The number of carboxylic acids is 1. The van der Waals surface area contributed by atoms with Gasteiger partial charge in [0.15, 0.2) is 0 Å². The lowest BCUT2D eigenvalue weighted by Crippen LogP contribution is -2.22. The number of imidazole rings is 1. The van der Waals surface area contributed by atoms with Crippen molar-refractivity contribution >= 4 is 11.9 Å². The second-order valence-corrected chi connectivity index (χ2v) is 3.10. The molecule has 0 saturated heterocycles. The summed E-state index contributed by atoms with van der Waals surface area (Å²) in [6, 6.07) is 0. The van der Waals surface area contributed by atoms with Gasteiger partial charge in [0.1, 0.15) is 0 Å². The molecule has 1 rings (SSSR count). The molecule has 6 nitrogen and oxygen atoms in total. The Kier molecular flexibility index (Phi) is 4.33. The maximum atomic E-state index is 11.2. The second kappa shape index (κ2) is 5.79. The van der Waals surface area contributed by atoms with Crippen molar-refractivity contribution in [3.63, 3.8) is 0 Å². The highest BCUT2D eigenvalue weighted by atomic mass is 16.4. The van der Waals surface area contributed by atoms with Gasteiger partial charge in [-0.2, -0.15) is 0 Å². The summed E-state index contributed by atoms with van der Waals surface area (Å²) in [7, 11) is 0. The van der Waals surface area contributed by atoms with Crippen LogP contribution in [0.3, 0.4) is 0 Å². The van der Waals surface area contributed by atoms with Gasteiger partial charge in [0.2, 0.25) is 5.91 Å². The topological polar surface area (TPSA) is 95.1 Å². The van der Waals surface area contributed by atoms with Crippen molar-refractivity contribution in [1.82, 2.24) is 15.3 Å². The van der Waals surface area contributed by atoms with Crippen molar-refractivity contribution in [1.29, 1.82) is 0 Å². The number of hydrogen-bond donors (Lipinski definition) is 3. The molecule has 0 spiro atoms. The molecule has 0 atom stereocenters. The molecule has 3 N–H and O–H groups in total. The summed E-state index contributed by atoms with van der Waals surface area (Å²) in [6.45, 7) is 0.395. The van der Waals surface area contributed by atoms with E-state index in [2.05, 4.69) is 15.3 Å². The van der Waals surface area contributed by atoms with Crippen LogP contribution in [0, 0.1) is 0 Å². The Morgan fingerprint density at radius 2 is 2.27 bits per heavy atom. The van der Waals surface area contributed by atoms with Crippen molar-refractivity contribution in [3.8, 4) is 0 Å². The molecule has 1 heterocycles. The summed E-state index contributed by atoms with van der Waals surface area (Å²) in [5.74, 6) is -1.03. The summed E-state index contributed by atoms with van der Waals surface area (Å²) in [5.41, 5.74) is 0.821. The van der Waals surface area contributed by atoms with Gasteiger partial charge in [-0.3, -0.25) is 9.59 Å². The van der Waals surface area contributed by atoms with E-state index in [9.17, 15) is 9.59 Å². The summed E-state index contributed by atoms with van der Waals surface area (Å²) >= 11 is 0. The lowest BCUT2D eigenvalue weighted by atomic mass is 10.2. The predicted molar refractivity (Wildman–Crippen MR) is 51.9 cm³/mol. The number of nitrogens with zero attached hydrogens (tertiary/aromatic N) is 1. The number of aliphatic carboxylic acids is 1. The van der Waals surface area contributed by atoms with Gasteiger partial charge in [-0.05, 0) is 6.42 Å². The zero-order valence-corrected chi connectivity index (χ0v) is 8.19. The number of aromatic amines is 1. The minimum atomic E-state index is -0.878. The van der Waals surface area contributed by atoms with Crippen LogP contribution in [0.1, 0.15) is 25.0 Å². The largest absolute Gasteiger partial charge is 0.481 e. The van der Waals surface area contributed by atoms with E-state index < -0.39 is 5.97 Å². The maximum absolute atomic E-state index is 11.2. The molecule has 0 unspecified atom stereocenters. The Morgan fingerprint density at radius 1 is 1.47 bits per heavy atom. The fraction of sp³-hybridized carbons (Fsp3) is 0.444.